The van der Waals surface area contributed by atoms with E-state index < -0.39 is 0 Å². The molecule has 13 heavy (non-hydrogen) atoms. The maximum Gasteiger partial charge on any atom is 0.0940 e. The maximum absolute atomic E-state index is 4.50. The molecule has 3 aliphatic rings. The number of rotatable bonds is 1. The van der Waals surface area contributed by atoms with Gasteiger partial charge in [-0.3, -0.25) is 4.99 Å². The van der Waals surface area contributed by atoms with Crippen molar-refractivity contribution in [2.75, 3.05) is 0 Å². The SMILES string of the molecule is CC1=CC2C(C=C1)N=CN2C1CC1. The van der Waals surface area contributed by atoms with Gasteiger partial charge in [-0.25, -0.2) is 0 Å². The summed E-state index contributed by atoms with van der Waals surface area (Å²) < 4.78 is 0. The van der Waals surface area contributed by atoms with Gasteiger partial charge in [0.05, 0.1) is 18.4 Å². The Morgan fingerprint density at radius 2 is 2.31 bits per heavy atom. The Hall–Kier alpha value is -1.05. The first kappa shape index (κ1) is 7.36. The highest BCUT2D eigenvalue weighted by atomic mass is 15.3. The monoisotopic (exact) mass is 174 g/mol. The van der Waals surface area contributed by atoms with Crippen molar-refractivity contribution in [2.24, 2.45) is 4.99 Å². The van der Waals surface area contributed by atoms with E-state index in [4.69, 9.17) is 0 Å². The van der Waals surface area contributed by atoms with E-state index in [1.807, 2.05) is 6.34 Å². The number of aliphatic imine (C=N–C) groups is 1. The summed E-state index contributed by atoms with van der Waals surface area (Å²) in [5.41, 5.74) is 1.37. The lowest BCUT2D eigenvalue weighted by Gasteiger charge is -2.26. The van der Waals surface area contributed by atoms with E-state index in [1.54, 1.807) is 0 Å². The van der Waals surface area contributed by atoms with Crippen molar-refractivity contribution in [3.05, 3.63) is 23.8 Å². The fraction of sp³-hybridized carbons (Fsp3) is 0.545. The van der Waals surface area contributed by atoms with Gasteiger partial charge in [0, 0.05) is 6.04 Å². The van der Waals surface area contributed by atoms with E-state index in [1.165, 1.54) is 18.4 Å². The predicted molar refractivity (Wildman–Crippen MR) is 53.8 cm³/mol. The molecule has 1 aliphatic heterocycles. The lowest BCUT2D eigenvalue weighted by molar-refractivity contribution is 0.367. The summed E-state index contributed by atoms with van der Waals surface area (Å²) in [5.74, 6) is 0. The van der Waals surface area contributed by atoms with Gasteiger partial charge in [0.25, 0.3) is 0 Å². The van der Waals surface area contributed by atoms with Gasteiger partial charge in [-0.15, -0.1) is 0 Å². The molecule has 2 aliphatic carbocycles. The van der Waals surface area contributed by atoms with Crippen LogP contribution in [-0.2, 0) is 0 Å². The van der Waals surface area contributed by atoms with Crippen LogP contribution >= 0.6 is 0 Å². The lowest BCUT2D eigenvalue weighted by atomic mass is 9.99. The summed E-state index contributed by atoms with van der Waals surface area (Å²) in [5, 5.41) is 0. The summed E-state index contributed by atoms with van der Waals surface area (Å²) in [6.07, 6.45) is 11.5. The first-order chi connectivity index (χ1) is 6.34. The molecule has 1 heterocycles. The molecule has 0 aromatic rings. The highest BCUT2D eigenvalue weighted by molar-refractivity contribution is 5.62. The summed E-state index contributed by atoms with van der Waals surface area (Å²) in [4.78, 5) is 6.93. The Kier molecular flexibility index (Phi) is 1.40. The first-order valence-corrected chi connectivity index (χ1v) is 5.02. The normalized spacial score (nSPS) is 36.4. The van der Waals surface area contributed by atoms with Crippen LogP contribution in [0.2, 0.25) is 0 Å². The smallest absolute Gasteiger partial charge is 0.0940 e. The molecule has 68 valence electrons. The Balaban J connectivity index is 1.88. The highest BCUT2D eigenvalue weighted by Crippen LogP contribution is 2.33. The van der Waals surface area contributed by atoms with E-state index in [0.717, 1.165) is 6.04 Å². The fourth-order valence-corrected chi connectivity index (χ4v) is 2.13. The molecule has 2 unspecified atom stereocenters. The van der Waals surface area contributed by atoms with Crippen LogP contribution in [0.4, 0.5) is 0 Å². The summed E-state index contributed by atoms with van der Waals surface area (Å²) in [6.45, 7) is 2.16. The van der Waals surface area contributed by atoms with Crippen molar-refractivity contribution in [2.45, 2.75) is 37.9 Å². The van der Waals surface area contributed by atoms with Gasteiger partial charge < -0.3 is 4.90 Å². The third-order valence-corrected chi connectivity index (χ3v) is 3.02. The summed E-state index contributed by atoms with van der Waals surface area (Å²) >= 11 is 0. The second-order valence-corrected chi connectivity index (χ2v) is 4.19. The van der Waals surface area contributed by atoms with Gasteiger partial charge in [0.2, 0.25) is 0 Å². The minimum Gasteiger partial charge on any atom is -0.351 e. The van der Waals surface area contributed by atoms with E-state index in [-0.39, 0.29) is 0 Å². The zero-order valence-corrected chi connectivity index (χ0v) is 7.85. The molecule has 0 spiro atoms. The first-order valence-electron chi connectivity index (χ1n) is 5.02. The molecule has 1 saturated carbocycles. The maximum atomic E-state index is 4.50. The van der Waals surface area contributed by atoms with Crippen molar-refractivity contribution < 1.29 is 0 Å². The molecule has 0 saturated heterocycles. The van der Waals surface area contributed by atoms with Gasteiger partial charge >= 0.3 is 0 Å². The predicted octanol–water partition coefficient (Wildman–Crippen LogP) is 1.75. The zero-order chi connectivity index (χ0) is 8.84. The number of fused-ring (bicyclic) bond motifs is 1. The van der Waals surface area contributed by atoms with Crippen molar-refractivity contribution in [3.8, 4) is 0 Å². The minimum atomic E-state index is 0.393. The van der Waals surface area contributed by atoms with Crippen molar-refractivity contribution >= 4 is 6.34 Å². The average molecular weight is 174 g/mol. The standard InChI is InChI=1S/C11H14N2/c1-8-2-5-10-11(6-8)13(7-12-10)9-3-4-9/h2,5-7,9-11H,3-4H2,1H3. The fourth-order valence-electron chi connectivity index (χ4n) is 2.13. The van der Waals surface area contributed by atoms with Crippen LogP contribution in [0.3, 0.4) is 0 Å². The molecule has 3 rings (SSSR count). The molecule has 2 atom stereocenters. The Morgan fingerprint density at radius 1 is 1.46 bits per heavy atom. The molecule has 0 aromatic carbocycles. The van der Waals surface area contributed by atoms with Crippen LogP contribution < -0.4 is 0 Å². The van der Waals surface area contributed by atoms with Gasteiger partial charge in [-0.05, 0) is 19.8 Å². The van der Waals surface area contributed by atoms with Crippen LogP contribution in [0.25, 0.3) is 0 Å². The van der Waals surface area contributed by atoms with Crippen LogP contribution in [0.15, 0.2) is 28.8 Å². The Bertz CT molecular complexity index is 310. The second kappa shape index (κ2) is 2.47. The zero-order valence-electron chi connectivity index (χ0n) is 7.85. The van der Waals surface area contributed by atoms with Crippen molar-refractivity contribution in [3.63, 3.8) is 0 Å². The molecule has 2 nitrogen and oxygen atoms in total. The average Bonchev–Trinajstić information content (AvgIpc) is 2.87. The quantitative estimate of drug-likeness (QED) is 0.591. The molecular formula is C11H14N2. The molecule has 0 aromatic heterocycles. The largest absolute Gasteiger partial charge is 0.351 e. The Morgan fingerprint density at radius 3 is 3.08 bits per heavy atom. The van der Waals surface area contributed by atoms with Gasteiger partial charge in [0.15, 0.2) is 0 Å². The van der Waals surface area contributed by atoms with Crippen LogP contribution in [0, 0.1) is 0 Å². The molecular weight excluding hydrogens is 160 g/mol. The number of nitrogens with zero attached hydrogens (tertiary/aromatic N) is 2. The van der Waals surface area contributed by atoms with E-state index >= 15 is 0 Å². The molecule has 0 N–H and O–H groups in total. The van der Waals surface area contributed by atoms with Crippen LogP contribution in [0.1, 0.15) is 19.8 Å². The second-order valence-electron chi connectivity index (χ2n) is 4.19. The minimum absolute atomic E-state index is 0.393. The number of hydrogen-bond acceptors (Lipinski definition) is 2. The van der Waals surface area contributed by atoms with E-state index in [2.05, 4.69) is 35.0 Å². The third kappa shape index (κ3) is 1.12. The highest BCUT2D eigenvalue weighted by Gasteiger charge is 2.38. The van der Waals surface area contributed by atoms with Crippen molar-refractivity contribution in [1.82, 2.24) is 4.90 Å². The van der Waals surface area contributed by atoms with Crippen LogP contribution in [-0.4, -0.2) is 29.4 Å². The summed E-state index contributed by atoms with van der Waals surface area (Å²) in [7, 11) is 0. The third-order valence-electron chi connectivity index (χ3n) is 3.02. The molecule has 0 radical (unpaired) electrons. The topological polar surface area (TPSA) is 15.6 Å². The summed E-state index contributed by atoms with van der Waals surface area (Å²) in [6, 6.07) is 1.70. The van der Waals surface area contributed by atoms with Gasteiger partial charge in [0.1, 0.15) is 0 Å². The molecule has 1 fully saturated rings. The molecule has 0 amide bonds. The van der Waals surface area contributed by atoms with Crippen molar-refractivity contribution in [1.29, 1.82) is 0 Å². The van der Waals surface area contributed by atoms with Crippen LogP contribution in [0.5, 0.6) is 0 Å². The molecule has 2 heteroatoms. The van der Waals surface area contributed by atoms with E-state index in [0.29, 0.717) is 12.1 Å². The number of allylic oxidation sites excluding steroid dienone is 2. The molecule has 0 bridgehead atoms. The van der Waals surface area contributed by atoms with Gasteiger partial charge in [-0.1, -0.05) is 23.8 Å². The van der Waals surface area contributed by atoms with E-state index in [9.17, 15) is 0 Å². The number of hydrogen-bond donors (Lipinski definition) is 0. The lowest BCUT2D eigenvalue weighted by Crippen LogP contribution is -2.36. The van der Waals surface area contributed by atoms with Gasteiger partial charge in [-0.2, -0.15) is 0 Å². The Labute approximate surface area is 78.6 Å².